The van der Waals surface area contributed by atoms with Crippen LogP contribution in [0.1, 0.15) is 92.4 Å². The molecule has 0 N–H and O–H groups in total. The van der Waals surface area contributed by atoms with Crippen molar-refractivity contribution in [3.63, 3.8) is 0 Å². The maximum absolute atomic E-state index is 9.50. The SMILES string of the molecule is [2H]c1c([2H])c([2H])c(-c2cccc(-c3c([2H])c([2H])c([2H])c([2H])c3[2H])c2-[n+]2[c-]n(-c3cccc(Oc4ccc5c6ccccc6n(-c6cc(C(C)(C)C)ccn6)c5c4)c3)c3ccc(-c4ccc(C5([2H])CCC(C)(C)CC5)cc4)cc32)c([2H])c1[2H]. The van der Waals surface area contributed by atoms with Gasteiger partial charge in [-0.3, -0.25) is 13.7 Å². The Morgan fingerprint density at radius 1 is 0.634 bits per heavy atom. The van der Waals surface area contributed by atoms with Crippen molar-refractivity contribution in [2.45, 2.75) is 71.6 Å². The van der Waals surface area contributed by atoms with Crippen LogP contribution in [0.15, 0.2) is 206 Å². The molecule has 0 aliphatic heterocycles. The molecule has 1 saturated carbocycles. The summed E-state index contributed by atoms with van der Waals surface area (Å²) < 4.78 is 111. The van der Waals surface area contributed by atoms with Crippen molar-refractivity contribution >= 4 is 32.8 Å². The van der Waals surface area contributed by atoms with Crippen molar-refractivity contribution in [2.24, 2.45) is 5.41 Å². The number of hydrogen-bond donors (Lipinski definition) is 0. The summed E-state index contributed by atoms with van der Waals surface area (Å²) >= 11 is 0. The van der Waals surface area contributed by atoms with Crippen LogP contribution in [0.25, 0.3) is 83.4 Å². The van der Waals surface area contributed by atoms with Crippen LogP contribution < -0.4 is 9.30 Å². The third-order valence-electron chi connectivity index (χ3n) is 14.1. The molecule has 0 bridgehead atoms. The molecule has 1 aliphatic carbocycles. The molecule has 0 radical (unpaired) electrons. The van der Waals surface area contributed by atoms with Gasteiger partial charge in [0.1, 0.15) is 17.3 Å². The summed E-state index contributed by atoms with van der Waals surface area (Å²) in [4.78, 5) is 4.86. The molecule has 1 aliphatic rings. The van der Waals surface area contributed by atoms with Crippen LogP contribution in [0, 0.1) is 11.7 Å². The minimum atomic E-state index is -0.707. The predicted octanol–water partition coefficient (Wildman–Crippen LogP) is 17.0. The Labute approximate surface area is 432 Å². The standard InChI is InChI=1S/C66H58N4O/c1-65(2,3)51-36-39-67-63(41-51)70-59-25-13-12-22-57(59)58-32-31-54(43-61(58)70)71-53-21-14-20-52(42-53)68-44-69(64-55(48-16-8-6-9-17-48)23-15-24-56(64)49-18-10-7-11-19-49)62-40-50(30-33-60(62)68)46-28-26-45(27-29-46)47-34-37-66(4,5)38-35-47/h6-33,36,39-43,47H,34-35,37-38H2,1-5H3/i6D,7D,8D,9D,10D,11D,16D,17D,18D,19D,47D. The maximum Gasteiger partial charge on any atom is 0.269 e. The quantitative estimate of drug-likeness (QED) is 0.107. The number of para-hydroxylation sites is 2. The fourth-order valence-corrected chi connectivity index (χ4v) is 10.1. The first-order valence-corrected chi connectivity index (χ1v) is 24.2. The Hall–Kier alpha value is -8.02. The number of aromatic nitrogens is 4. The Morgan fingerprint density at radius 2 is 1.30 bits per heavy atom. The molecule has 11 aromatic rings. The van der Waals surface area contributed by atoms with Crippen molar-refractivity contribution in [2.75, 3.05) is 0 Å². The first-order chi connectivity index (χ1) is 39.0. The van der Waals surface area contributed by atoms with Crippen LogP contribution in [0.5, 0.6) is 11.5 Å². The van der Waals surface area contributed by atoms with E-state index in [1.54, 1.807) is 22.8 Å². The highest BCUT2D eigenvalue weighted by Crippen LogP contribution is 2.43. The highest BCUT2D eigenvalue weighted by molar-refractivity contribution is 6.09. The van der Waals surface area contributed by atoms with Crippen molar-refractivity contribution < 1.29 is 24.4 Å². The smallest absolute Gasteiger partial charge is 0.269 e. The van der Waals surface area contributed by atoms with E-state index in [-0.39, 0.29) is 38.8 Å². The zero-order valence-electron chi connectivity index (χ0n) is 51.4. The van der Waals surface area contributed by atoms with Crippen molar-refractivity contribution in [3.8, 4) is 62.1 Å². The lowest BCUT2D eigenvalue weighted by atomic mass is 9.71. The molecule has 5 heteroatoms. The number of benzene rings is 8. The van der Waals surface area contributed by atoms with Crippen LogP contribution in [-0.4, -0.2) is 14.1 Å². The summed E-state index contributed by atoms with van der Waals surface area (Å²) in [6.07, 6.45) is 8.84. The van der Waals surface area contributed by atoms with Gasteiger partial charge in [-0.1, -0.05) is 174 Å². The van der Waals surface area contributed by atoms with Gasteiger partial charge in [0.05, 0.1) is 47.1 Å². The maximum atomic E-state index is 9.50. The molecule has 5 nitrogen and oxygen atoms in total. The van der Waals surface area contributed by atoms with Gasteiger partial charge < -0.3 is 4.74 Å². The van der Waals surface area contributed by atoms with Crippen LogP contribution in [0.2, 0.25) is 0 Å². The lowest BCUT2D eigenvalue weighted by Crippen LogP contribution is -2.31. The van der Waals surface area contributed by atoms with E-state index in [4.69, 9.17) is 17.9 Å². The normalized spacial score (nSPS) is 16.7. The lowest BCUT2D eigenvalue weighted by Gasteiger charge is -2.34. The van der Waals surface area contributed by atoms with E-state index in [2.05, 4.69) is 69.8 Å². The topological polar surface area (TPSA) is 35.9 Å². The summed E-state index contributed by atoms with van der Waals surface area (Å²) in [6, 6.07) is 39.4. The molecule has 0 unspecified atom stereocenters. The second-order valence-electron chi connectivity index (χ2n) is 20.3. The van der Waals surface area contributed by atoms with E-state index in [1.807, 2.05) is 108 Å². The molecule has 3 aromatic heterocycles. The number of pyridine rings is 1. The number of hydrogen-bond acceptors (Lipinski definition) is 2. The van der Waals surface area contributed by atoms with Crippen LogP contribution >= 0.6 is 0 Å². The lowest BCUT2D eigenvalue weighted by molar-refractivity contribution is -0.571. The Bertz CT molecular complexity index is 4270. The molecule has 0 amide bonds. The second kappa shape index (κ2) is 17.7. The zero-order chi connectivity index (χ0) is 57.9. The minimum absolute atomic E-state index is 0.106. The Balaban J connectivity index is 1.06. The summed E-state index contributed by atoms with van der Waals surface area (Å²) in [7, 11) is 0. The van der Waals surface area contributed by atoms with Crippen LogP contribution in [0.3, 0.4) is 0 Å². The first-order valence-electron chi connectivity index (χ1n) is 29.7. The monoisotopic (exact) mass is 934 g/mol. The van der Waals surface area contributed by atoms with Gasteiger partial charge in [0.2, 0.25) is 0 Å². The van der Waals surface area contributed by atoms with Crippen LogP contribution in [-0.2, 0) is 5.41 Å². The third kappa shape index (κ3) is 8.39. The zero-order valence-corrected chi connectivity index (χ0v) is 40.4. The Kier molecular flexibility index (Phi) is 8.37. The fourth-order valence-electron chi connectivity index (χ4n) is 10.1. The molecule has 0 saturated heterocycles. The number of fused-ring (bicyclic) bond motifs is 4. The van der Waals surface area contributed by atoms with Gasteiger partial charge in [-0.05, 0) is 142 Å². The van der Waals surface area contributed by atoms with E-state index in [0.717, 1.165) is 75.6 Å². The van der Waals surface area contributed by atoms with Crippen molar-refractivity contribution in [3.05, 3.63) is 224 Å². The van der Waals surface area contributed by atoms with E-state index in [0.29, 0.717) is 28.2 Å². The molecule has 3 heterocycles. The number of rotatable bonds is 9. The number of ether oxygens (including phenoxy) is 1. The molecular weight excluding hydrogens is 865 g/mol. The van der Waals surface area contributed by atoms with Gasteiger partial charge >= 0.3 is 0 Å². The molecule has 0 atom stereocenters. The molecule has 0 spiro atoms. The predicted molar refractivity (Wildman–Crippen MR) is 292 cm³/mol. The van der Waals surface area contributed by atoms with Gasteiger partial charge in [0.25, 0.3) is 6.33 Å². The summed E-state index contributed by atoms with van der Waals surface area (Å²) in [5, 5.41) is 2.11. The molecule has 71 heavy (non-hydrogen) atoms. The van der Waals surface area contributed by atoms with Crippen molar-refractivity contribution in [1.29, 1.82) is 0 Å². The summed E-state index contributed by atoms with van der Waals surface area (Å²) in [6.45, 7) is 11.1. The van der Waals surface area contributed by atoms with Crippen molar-refractivity contribution in [1.82, 2.24) is 14.1 Å². The fraction of sp³-hybridized carbons (Fsp3) is 0.182. The molecule has 8 aromatic carbocycles. The van der Waals surface area contributed by atoms with Gasteiger partial charge in [-0.2, -0.15) is 0 Å². The summed E-state index contributed by atoms with van der Waals surface area (Å²) in [5.41, 5.74) is 7.64. The summed E-state index contributed by atoms with van der Waals surface area (Å²) in [5.74, 6) is 1.15. The van der Waals surface area contributed by atoms with Gasteiger partial charge in [0, 0.05) is 24.4 Å². The van der Waals surface area contributed by atoms with Crippen LogP contribution in [0.4, 0.5) is 0 Å². The van der Waals surface area contributed by atoms with E-state index < -0.39 is 66.3 Å². The van der Waals surface area contributed by atoms with E-state index in [9.17, 15) is 6.85 Å². The van der Waals surface area contributed by atoms with Gasteiger partial charge in [-0.15, -0.1) is 0 Å². The average Bonchev–Trinajstić information content (AvgIpc) is 4.20. The molecule has 1 fully saturated rings. The largest absolute Gasteiger partial charge is 0.458 e. The van der Waals surface area contributed by atoms with E-state index in [1.165, 1.54) is 0 Å². The highest BCUT2D eigenvalue weighted by atomic mass is 16.5. The molecule has 12 rings (SSSR count). The second-order valence-corrected chi connectivity index (χ2v) is 20.3. The minimum Gasteiger partial charge on any atom is -0.458 e. The van der Waals surface area contributed by atoms with Gasteiger partial charge in [-0.25, -0.2) is 4.98 Å². The number of imidazole rings is 1. The molecule has 348 valence electrons. The van der Waals surface area contributed by atoms with Gasteiger partial charge in [0.15, 0.2) is 0 Å². The molecular formula is C66H58N4O. The van der Waals surface area contributed by atoms with E-state index >= 15 is 0 Å². The average molecular weight is 934 g/mol. The number of nitrogens with zero attached hydrogens (tertiary/aromatic N) is 4. The highest BCUT2D eigenvalue weighted by Gasteiger charge is 2.28. The Morgan fingerprint density at radius 3 is 2.01 bits per heavy atom. The first kappa shape index (κ1) is 33.5. The third-order valence-corrected chi connectivity index (χ3v) is 14.1.